The lowest BCUT2D eigenvalue weighted by molar-refractivity contribution is -0.137. The highest BCUT2D eigenvalue weighted by molar-refractivity contribution is 7.98. The maximum atomic E-state index is 13.4. The van der Waals surface area contributed by atoms with Gasteiger partial charge in [-0.15, -0.1) is 21.5 Å². The van der Waals surface area contributed by atoms with Crippen LogP contribution in [0.1, 0.15) is 40.8 Å². The number of nitrogens with one attached hydrogen (secondary N) is 1. The van der Waals surface area contributed by atoms with Gasteiger partial charge in [0, 0.05) is 29.9 Å². The summed E-state index contributed by atoms with van der Waals surface area (Å²) in [6.07, 6.45) is 0.548. The number of carbonyl (C=O) groups is 1. The van der Waals surface area contributed by atoms with Gasteiger partial charge in [-0.1, -0.05) is 31.2 Å². The molecule has 0 atom stereocenters. The summed E-state index contributed by atoms with van der Waals surface area (Å²) in [6, 6.07) is 8.46. The van der Waals surface area contributed by atoms with E-state index < -0.39 is 11.7 Å². The van der Waals surface area contributed by atoms with Crippen molar-refractivity contribution in [1.29, 1.82) is 0 Å². The van der Waals surface area contributed by atoms with E-state index in [1.54, 1.807) is 40.5 Å². The first kappa shape index (κ1) is 24.9. The molecule has 1 aromatic carbocycles. The number of aromatic nitrogens is 5. The van der Waals surface area contributed by atoms with Gasteiger partial charge in [0.25, 0.3) is 5.91 Å². The van der Waals surface area contributed by atoms with E-state index in [4.69, 9.17) is 0 Å². The van der Waals surface area contributed by atoms with E-state index in [-0.39, 0.29) is 11.6 Å². The van der Waals surface area contributed by atoms with Gasteiger partial charge >= 0.3 is 6.18 Å². The molecule has 0 saturated carbocycles. The van der Waals surface area contributed by atoms with Gasteiger partial charge in [0.05, 0.1) is 17.0 Å². The number of amides is 1. The largest absolute Gasteiger partial charge is 0.416 e. The van der Waals surface area contributed by atoms with Gasteiger partial charge < -0.3 is 5.32 Å². The number of hydrogen-bond donors (Lipinski definition) is 1. The number of hydrogen-bond acceptors (Lipinski definition) is 7. The molecular weight excluding hydrogens is 497 g/mol. The van der Waals surface area contributed by atoms with Crippen LogP contribution in [-0.2, 0) is 11.9 Å². The molecule has 3 aromatic heterocycles. The van der Waals surface area contributed by atoms with Gasteiger partial charge in [0.1, 0.15) is 10.7 Å². The van der Waals surface area contributed by atoms with E-state index in [0.29, 0.717) is 39.5 Å². The number of benzene rings is 1. The summed E-state index contributed by atoms with van der Waals surface area (Å²) in [5.41, 5.74) is 0.531. The van der Waals surface area contributed by atoms with E-state index in [2.05, 4.69) is 25.5 Å². The van der Waals surface area contributed by atoms with Crippen molar-refractivity contribution in [3.05, 3.63) is 70.4 Å². The summed E-state index contributed by atoms with van der Waals surface area (Å²) >= 11 is 2.62. The summed E-state index contributed by atoms with van der Waals surface area (Å²) in [7, 11) is 0. The lowest BCUT2D eigenvalue weighted by Crippen LogP contribution is -2.24. The summed E-state index contributed by atoms with van der Waals surface area (Å²) in [5, 5.41) is 14.1. The average Bonchev–Trinajstić information content (AvgIpc) is 3.50. The molecule has 0 bridgehead atoms. The predicted octanol–water partition coefficient (Wildman–Crippen LogP) is 5.63. The Bertz CT molecular complexity index is 1290. The Balaban J connectivity index is 1.61. The molecule has 0 radical (unpaired) electrons. The second kappa shape index (κ2) is 11.0. The van der Waals surface area contributed by atoms with Crippen LogP contribution in [0.4, 0.5) is 13.2 Å². The second-order valence-electron chi connectivity index (χ2n) is 7.45. The highest BCUT2D eigenvalue weighted by Crippen LogP contribution is 2.34. The third-order valence-corrected chi connectivity index (χ3v) is 6.90. The molecule has 0 aliphatic heterocycles. The summed E-state index contributed by atoms with van der Waals surface area (Å²) < 4.78 is 41.7. The van der Waals surface area contributed by atoms with E-state index >= 15 is 0 Å². The monoisotopic (exact) mass is 518 g/mol. The fourth-order valence-electron chi connectivity index (χ4n) is 3.18. The number of halogens is 3. The fourth-order valence-corrected chi connectivity index (χ4v) is 4.93. The van der Waals surface area contributed by atoms with Crippen LogP contribution in [0.3, 0.4) is 0 Å². The van der Waals surface area contributed by atoms with Crippen molar-refractivity contribution in [2.75, 3.05) is 6.54 Å². The molecule has 7 nitrogen and oxygen atoms in total. The molecule has 0 saturated heterocycles. The van der Waals surface area contributed by atoms with Crippen LogP contribution < -0.4 is 5.32 Å². The van der Waals surface area contributed by atoms with Gasteiger partial charge in [-0.25, -0.2) is 4.98 Å². The second-order valence-corrected chi connectivity index (χ2v) is 9.34. The van der Waals surface area contributed by atoms with Crippen LogP contribution in [0.25, 0.3) is 17.1 Å². The first-order valence-corrected chi connectivity index (χ1v) is 12.6. The standard InChI is InChI=1S/C23H21F3N6OS2/c1-2-3-9-28-21(33)18-13-34-19(29-18)14-35-22-31-30-20(15-7-10-27-11-8-15)32(22)17-6-4-5-16(12-17)23(24,25)26/h4-8,10-13H,2-3,9,14H2,1H3,(H,28,33). The third-order valence-electron chi connectivity index (χ3n) is 4.93. The van der Waals surface area contributed by atoms with Crippen LogP contribution in [0.2, 0.25) is 0 Å². The molecule has 0 aliphatic carbocycles. The van der Waals surface area contributed by atoms with Crippen molar-refractivity contribution in [3.63, 3.8) is 0 Å². The zero-order valence-electron chi connectivity index (χ0n) is 18.6. The normalized spacial score (nSPS) is 11.5. The Kier molecular flexibility index (Phi) is 7.81. The first-order chi connectivity index (χ1) is 16.9. The molecule has 0 spiro atoms. The minimum Gasteiger partial charge on any atom is -0.351 e. The summed E-state index contributed by atoms with van der Waals surface area (Å²) in [5.74, 6) is 0.544. The molecule has 4 aromatic rings. The maximum Gasteiger partial charge on any atom is 0.416 e. The van der Waals surface area contributed by atoms with Crippen molar-refractivity contribution in [2.45, 2.75) is 36.9 Å². The van der Waals surface area contributed by atoms with E-state index in [9.17, 15) is 18.0 Å². The number of pyridine rings is 1. The van der Waals surface area contributed by atoms with Crippen LogP contribution in [0.5, 0.6) is 0 Å². The van der Waals surface area contributed by atoms with Crippen molar-refractivity contribution < 1.29 is 18.0 Å². The lowest BCUT2D eigenvalue weighted by Gasteiger charge is -2.13. The molecule has 0 aliphatic rings. The highest BCUT2D eigenvalue weighted by Gasteiger charge is 2.31. The SMILES string of the molecule is CCCCNC(=O)c1csc(CSc2nnc(-c3ccncc3)n2-c2cccc(C(F)(F)F)c2)n1. The Morgan fingerprint density at radius 1 is 1.17 bits per heavy atom. The van der Waals surface area contributed by atoms with Crippen molar-refractivity contribution in [2.24, 2.45) is 0 Å². The number of nitrogens with zero attached hydrogens (tertiary/aromatic N) is 5. The number of unbranched alkanes of at least 4 members (excludes halogenated alkanes) is 1. The Labute approximate surface area is 207 Å². The molecule has 182 valence electrons. The van der Waals surface area contributed by atoms with Crippen molar-refractivity contribution >= 4 is 29.0 Å². The topological polar surface area (TPSA) is 85.6 Å². The summed E-state index contributed by atoms with van der Waals surface area (Å²) in [6.45, 7) is 2.64. The predicted molar refractivity (Wildman–Crippen MR) is 129 cm³/mol. The quantitative estimate of drug-likeness (QED) is 0.228. The van der Waals surface area contributed by atoms with Crippen molar-refractivity contribution in [3.8, 4) is 17.1 Å². The molecule has 1 amide bonds. The van der Waals surface area contributed by atoms with Crippen molar-refractivity contribution in [1.82, 2.24) is 30.0 Å². The molecule has 12 heteroatoms. The maximum absolute atomic E-state index is 13.4. The zero-order chi connectivity index (χ0) is 24.8. The Morgan fingerprint density at radius 2 is 1.97 bits per heavy atom. The third kappa shape index (κ3) is 6.06. The number of alkyl halides is 3. The number of thiazole rings is 1. The number of thioether (sulfide) groups is 1. The minimum atomic E-state index is -4.48. The molecule has 1 N–H and O–H groups in total. The molecular formula is C23H21F3N6OS2. The van der Waals surface area contributed by atoms with E-state index in [1.165, 1.54) is 29.2 Å². The van der Waals surface area contributed by atoms with Gasteiger partial charge in [0.2, 0.25) is 0 Å². The van der Waals surface area contributed by atoms with E-state index in [1.807, 2.05) is 6.92 Å². The fraction of sp³-hybridized carbons (Fsp3) is 0.261. The van der Waals surface area contributed by atoms with Crippen LogP contribution in [-0.4, -0.2) is 37.2 Å². The first-order valence-electron chi connectivity index (χ1n) is 10.8. The Hall–Kier alpha value is -3.25. The van der Waals surface area contributed by atoms with Crippen LogP contribution >= 0.6 is 23.1 Å². The van der Waals surface area contributed by atoms with Gasteiger partial charge in [-0.3, -0.25) is 14.3 Å². The zero-order valence-corrected chi connectivity index (χ0v) is 20.3. The summed E-state index contributed by atoms with van der Waals surface area (Å²) in [4.78, 5) is 20.6. The smallest absolute Gasteiger partial charge is 0.351 e. The van der Waals surface area contributed by atoms with E-state index in [0.717, 1.165) is 25.0 Å². The van der Waals surface area contributed by atoms with Gasteiger partial charge in [-0.2, -0.15) is 13.2 Å². The average molecular weight is 519 g/mol. The molecule has 4 rings (SSSR count). The van der Waals surface area contributed by atoms with Gasteiger partial charge in [-0.05, 0) is 36.8 Å². The number of carbonyl (C=O) groups excluding carboxylic acids is 1. The molecule has 35 heavy (non-hydrogen) atoms. The lowest BCUT2D eigenvalue weighted by atomic mass is 10.2. The number of rotatable bonds is 9. The molecule has 0 unspecified atom stereocenters. The molecule has 3 heterocycles. The Morgan fingerprint density at radius 3 is 2.71 bits per heavy atom. The molecule has 0 fully saturated rings. The van der Waals surface area contributed by atoms with Crippen LogP contribution in [0.15, 0.2) is 59.3 Å². The van der Waals surface area contributed by atoms with Crippen LogP contribution in [0, 0.1) is 0 Å². The minimum absolute atomic E-state index is 0.224. The van der Waals surface area contributed by atoms with Gasteiger partial charge in [0.15, 0.2) is 11.0 Å². The highest BCUT2D eigenvalue weighted by atomic mass is 32.2.